The van der Waals surface area contributed by atoms with Gasteiger partial charge in [0.15, 0.2) is 0 Å². The predicted molar refractivity (Wildman–Crippen MR) is 32.7 cm³/mol. The first-order chi connectivity index (χ1) is 4.16. The number of aliphatic carboxylic acids is 1. The average molecular weight is 131 g/mol. The van der Waals surface area contributed by atoms with E-state index in [4.69, 9.17) is 10.2 Å². The van der Waals surface area contributed by atoms with Gasteiger partial charge in [0.2, 0.25) is 0 Å². The average Bonchev–Trinajstić information content (AvgIpc) is 1.63. The Balaban J connectivity index is 3.37. The zero-order valence-electron chi connectivity index (χ0n) is 4.95. The highest BCUT2D eigenvalue weighted by Crippen LogP contribution is 1.90. The van der Waals surface area contributed by atoms with Crippen molar-refractivity contribution in [2.45, 2.75) is 12.5 Å². The van der Waals surface area contributed by atoms with E-state index in [1.165, 1.54) is 0 Å². The van der Waals surface area contributed by atoms with Gasteiger partial charge in [0.1, 0.15) is 0 Å². The van der Waals surface area contributed by atoms with E-state index < -0.39 is 12.1 Å². The van der Waals surface area contributed by atoms with Crippen molar-refractivity contribution in [2.75, 3.05) is 6.54 Å². The Kier molecular flexibility index (Phi) is 3.62. The summed E-state index contributed by atoms with van der Waals surface area (Å²) in [7, 11) is 0. The SMILES string of the molecule is C=NC[C@H](O)CC(=O)O. The molecular formula is C5H9NO3. The first-order valence-electron chi connectivity index (χ1n) is 2.49. The molecular weight excluding hydrogens is 122 g/mol. The molecule has 52 valence electrons. The van der Waals surface area contributed by atoms with Gasteiger partial charge in [-0.15, -0.1) is 0 Å². The molecule has 4 heteroatoms. The molecule has 1 atom stereocenters. The van der Waals surface area contributed by atoms with Crippen LogP contribution >= 0.6 is 0 Å². The number of carboxylic acid groups (broad SMARTS) is 1. The number of rotatable bonds is 4. The normalized spacial score (nSPS) is 12.6. The number of aliphatic hydroxyl groups excluding tert-OH is 1. The summed E-state index contributed by atoms with van der Waals surface area (Å²) in [5.41, 5.74) is 0. The molecule has 2 N–H and O–H groups in total. The van der Waals surface area contributed by atoms with Crippen LogP contribution in [0.4, 0.5) is 0 Å². The Morgan fingerprint density at radius 1 is 1.78 bits per heavy atom. The maximum absolute atomic E-state index is 9.86. The van der Waals surface area contributed by atoms with Crippen molar-refractivity contribution in [1.82, 2.24) is 0 Å². The second-order valence-corrected chi connectivity index (χ2v) is 1.66. The van der Waals surface area contributed by atoms with Gasteiger partial charge in [-0.2, -0.15) is 0 Å². The Hall–Kier alpha value is -0.900. The Labute approximate surface area is 52.8 Å². The van der Waals surface area contributed by atoms with Crippen molar-refractivity contribution in [3.8, 4) is 0 Å². The lowest BCUT2D eigenvalue weighted by molar-refractivity contribution is -0.139. The Morgan fingerprint density at radius 3 is 2.67 bits per heavy atom. The van der Waals surface area contributed by atoms with Gasteiger partial charge in [0, 0.05) is 0 Å². The second-order valence-electron chi connectivity index (χ2n) is 1.66. The van der Waals surface area contributed by atoms with Crippen LogP contribution in [0.1, 0.15) is 6.42 Å². The highest BCUT2D eigenvalue weighted by Gasteiger charge is 2.06. The molecule has 0 amide bonds. The fourth-order valence-corrected chi connectivity index (χ4v) is 0.415. The van der Waals surface area contributed by atoms with Crippen LogP contribution in [-0.4, -0.2) is 35.5 Å². The number of carbonyl (C=O) groups is 1. The summed E-state index contributed by atoms with van der Waals surface area (Å²) in [5.74, 6) is -1.02. The summed E-state index contributed by atoms with van der Waals surface area (Å²) < 4.78 is 0. The molecule has 0 radical (unpaired) electrons. The second kappa shape index (κ2) is 4.03. The summed E-state index contributed by atoms with van der Waals surface area (Å²) in [6, 6.07) is 0. The summed E-state index contributed by atoms with van der Waals surface area (Å²) in [6.07, 6.45) is -1.15. The Bertz CT molecular complexity index is 113. The van der Waals surface area contributed by atoms with E-state index in [1.807, 2.05) is 0 Å². The first-order valence-corrected chi connectivity index (χ1v) is 2.49. The zero-order valence-corrected chi connectivity index (χ0v) is 4.95. The zero-order chi connectivity index (χ0) is 7.28. The molecule has 0 aromatic carbocycles. The minimum atomic E-state index is -1.02. The first kappa shape index (κ1) is 8.10. The van der Waals surface area contributed by atoms with E-state index in [-0.39, 0.29) is 13.0 Å². The summed E-state index contributed by atoms with van der Waals surface area (Å²) in [5, 5.41) is 16.8. The monoisotopic (exact) mass is 131 g/mol. The van der Waals surface area contributed by atoms with E-state index in [1.54, 1.807) is 0 Å². The van der Waals surface area contributed by atoms with Crippen molar-refractivity contribution in [3.05, 3.63) is 0 Å². The highest BCUT2D eigenvalue weighted by atomic mass is 16.4. The third kappa shape index (κ3) is 4.96. The molecule has 0 heterocycles. The molecule has 0 saturated heterocycles. The molecule has 0 aliphatic heterocycles. The van der Waals surface area contributed by atoms with E-state index in [2.05, 4.69) is 11.7 Å². The Morgan fingerprint density at radius 2 is 2.33 bits per heavy atom. The molecule has 0 spiro atoms. The minimum absolute atomic E-state index is 0.0896. The van der Waals surface area contributed by atoms with Crippen LogP contribution in [0.25, 0.3) is 0 Å². The third-order valence-electron chi connectivity index (χ3n) is 0.750. The molecule has 0 aromatic rings. The van der Waals surface area contributed by atoms with Gasteiger partial charge in [0.05, 0.1) is 19.1 Å². The van der Waals surface area contributed by atoms with Crippen LogP contribution < -0.4 is 0 Å². The van der Waals surface area contributed by atoms with Crippen LogP contribution in [-0.2, 0) is 4.79 Å². The maximum atomic E-state index is 9.86. The number of aliphatic hydroxyl groups is 1. The molecule has 0 saturated carbocycles. The van der Waals surface area contributed by atoms with Gasteiger partial charge in [0.25, 0.3) is 0 Å². The smallest absolute Gasteiger partial charge is 0.306 e. The quantitative estimate of drug-likeness (QED) is 0.506. The highest BCUT2D eigenvalue weighted by molar-refractivity contribution is 5.67. The van der Waals surface area contributed by atoms with E-state index in [9.17, 15) is 4.79 Å². The van der Waals surface area contributed by atoms with Crippen LogP contribution in [0.2, 0.25) is 0 Å². The molecule has 0 bridgehead atoms. The van der Waals surface area contributed by atoms with Crippen LogP contribution in [0.15, 0.2) is 4.99 Å². The van der Waals surface area contributed by atoms with Gasteiger partial charge < -0.3 is 10.2 Å². The topological polar surface area (TPSA) is 69.9 Å². The number of hydrogen-bond donors (Lipinski definition) is 2. The van der Waals surface area contributed by atoms with E-state index in [0.717, 1.165) is 0 Å². The number of hydrogen-bond acceptors (Lipinski definition) is 3. The van der Waals surface area contributed by atoms with Crippen molar-refractivity contribution >= 4 is 12.7 Å². The maximum Gasteiger partial charge on any atom is 0.306 e. The third-order valence-corrected chi connectivity index (χ3v) is 0.750. The molecule has 0 rings (SSSR count). The lowest BCUT2D eigenvalue weighted by atomic mass is 10.2. The van der Waals surface area contributed by atoms with Crippen molar-refractivity contribution in [3.63, 3.8) is 0 Å². The van der Waals surface area contributed by atoms with E-state index >= 15 is 0 Å². The molecule has 9 heavy (non-hydrogen) atoms. The molecule has 4 nitrogen and oxygen atoms in total. The van der Waals surface area contributed by atoms with Crippen LogP contribution in [0.3, 0.4) is 0 Å². The molecule has 0 unspecified atom stereocenters. The minimum Gasteiger partial charge on any atom is -0.481 e. The fraction of sp³-hybridized carbons (Fsp3) is 0.600. The van der Waals surface area contributed by atoms with Gasteiger partial charge >= 0.3 is 5.97 Å². The fourth-order valence-electron chi connectivity index (χ4n) is 0.415. The molecule has 0 aliphatic carbocycles. The van der Waals surface area contributed by atoms with Crippen LogP contribution in [0, 0.1) is 0 Å². The van der Waals surface area contributed by atoms with Crippen molar-refractivity contribution < 1.29 is 15.0 Å². The molecule has 0 aromatic heterocycles. The van der Waals surface area contributed by atoms with Gasteiger partial charge in [-0.25, -0.2) is 0 Å². The van der Waals surface area contributed by atoms with Crippen molar-refractivity contribution in [1.29, 1.82) is 0 Å². The number of nitrogens with zero attached hydrogens (tertiary/aromatic N) is 1. The van der Waals surface area contributed by atoms with Gasteiger partial charge in [-0.05, 0) is 6.72 Å². The molecule has 0 aliphatic rings. The lowest BCUT2D eigenvalue weighted by Gasteiger charge is -2.00. The predicted octanol–water partition coefficient (Wildman–Crippen LogP) is -0.477. The lowest BCUT2D eigenvalue weighted by Crippen LogP contribution is -2.15. The van der Waals surface area contributed by atoms with Crippen molar-refractivity contribution in [2.24, 2.45) is 4.99 Å². The summed E-state index contributed by atoms with van der Waals surface area (Å²) >= 11 is 0. The van der Waals surface area contributed by atoms with Gasteiger partial charge in [-0.3, -0.25) is 9.79 Å². The standard InChI is InChI=1S/C5H9NO3/c1-6-3-4(7)2-5(8)9/h4,7H,1-3H2,(H,8,9)/t4-/m1/s1. The number of carboxylic acids is 1. The van der Waals surface area contributed by atoms with E-state index in [0.29, 0.717) is 0 Å². The molecule has 0 fully saturated rings. The summed E-state index contributed by atoms with van der Waals surface area (Å²) in [6.45, 7) is 3.19. The largest absolute Gasteiger partial charge is 0.481 e. The summed E-state index contributed by atoms with van der Waals surface area (Å²) in [4.78, 5) is 13.2. The van der Waals surface area contributed by atoms with Gasteiger partial charge in [-0.1, -0.05) is 0 Å². The van der Waals surface area contributed by atoms with Crippen LogP contribution in [0.5, 0.6) is 0 Å². The number of aliphatic imine (C=N–C) groups is 1.